The molecule has 2 heterocycles. The number of nitrogens with zero attached hydrogens (tertiary/aromatic N) is 3. The van der Waals surface area contributed by atoms with Crippen molar-refractivity contribution in [3.63, 3.8) is 0 Å². The Balaban J connectivity index is 2.06. The second-order valence-electron chi connectivity index (χ2n) is 6.16. The molecule has 1 fully saturated rings. The predicted octanol–water partition coefficient (Wildman–Crippen LogP) is 3.75. The van der Waals surface area contributed by atoms with Crippen LogP contribution in [-0.2, 0) is 10.7 Å². The highest BCUT2D eigenvalue weighted by molar-refractivity contribution is 5.35. The molecule has 0 radical (unpaired) electrons. The van der Waals surface area contributed by atoms with Gasteiger partial charge in [0.05, 0.1) is 12.1 Å². The lowest BCUT2D eigenvalue weighted by Crippen LogP contribution is -2.34. The minimum absolute atomic E-state index is 0.109. The highest BCUT2D eigenvalue weighted by Gasteiger charge is 2.36. The fraction of sp³-hybridized carbons (Fsp3) is 0.562. The summed E-state index contributed by atoms with van der Waals surface area (Å²) in [5.74, 6) is -2.24. The maximum absolute atomic E-state index is 13.7. The van der Waals surface area contributed by atoms with Gasteiger partial charge in [-0.05, 0) is 38.8 Å². The van der Waals surface area contributed by atoms with E-state index in [4.69, 9.17) is 4.74 Å². The standard InChI is InChI=1S/C16H21F2N3O/c1-10-5-6-11(2)20(10)15-9-14(16(3,17)18)19-21(15)12-7-13(8-12)22-4/h5-6,9,12-13H,7-8H2,1-4H3. The van der Waals surface area contributed by atoms with E-state index in [0.29, 0.717) is 5.82 Å². The second kappa shape index (κ2) is 5.19. The zero-order chi connectivity index (χ0) is 16.1. The molecule has 0 spiro atoms. The zero-order valence-corrected chi connectivity index (χ0v) is 13.3. The fourth-order valence-corrected chi connectivity index (χ4v) is 2.99. The molecule has 0 bridgehead atoms. The minimum Gasteiger partial charge on any atom is -0.381 e. The quantitative estimate of drug-likeness (QED) is 0.861. The summed E-state index contributed by atoms with van der Waals surface area (Å²) in [7, 11) is 1.68. The second-order valence-corrected chi connectivity index (χ2v) is 6.16. The first-order chi connectivity index (χ1) is 10.3. The van der Waals surface area contributed by atoms with Crippen molar-refractivity contribution in [1.82, 2.24) is 14.3 Å². The van der Waals surface area contributed by atoms with Gasteiger partial charge in [-0.3, -0.25) is 0 Å². The van der Waals surface area contributed by atoms with Gasteiger partial charge in [0.15, 0.2) is 0 Å². The first kappa shape index (κ1) is 15.2. The van der Waals surface area contributed by atoms with E-state index in [2.05, 4.69) is 5.10 Å². The third-order valence-electron chi connectivity index (χ3n) is 4.42. The van der Waals surface area contributed by atoms with E-state index >= 15 is 0 Å². The largest absolute Gasteiger partial charge is 0.381 e. The maximum atomic E-state index is 13.7. The van der Waals surface area contributed by atoms with Crippen LogP contribution in [0.1, 0.15) is 42.9 Å². The van der Waals surface area contributed by atoms with Crippen LogP contribution < -0.4 is 0 Å². The molecule has 0 atom stereocenters. The molecule has 120 valence electrons. The van der Waals surface area contributed by atoms with Crippen LogP contribution in [0.2, 0.25) is 0 Å². The Morgan fingerprint density at radius 1 is 1.23 bits per heavy atom. The van der Waals surface area contributed by atoms with Gasteiger partial charge in [0.2, 0.25) is 0 Å². The van der Waals surface area contributed by atoms with E-state index in [-0.39, 0.29) is 17.8 Å². The topological polar surface area (TPSA) is 32.0 Å². The Labute approximate surface area is 128 Å². The van der Waals surface area contributed by atoms with Gasteiger partial charge in [-0.15, -0.1) is 0 Å². The monoisotopic (exact) mass is 309 g/mol. The Hall–Kier alpha value is -1.69. The summed E-state index contributed by atoms with van der Waals surface area (Å²) in [4.78, 5) is 0. The van der Waals surface area contributed by atoms with Crippen molar-refractivity contribution in [3.05, 3.63) is 35.3 Å². The van der Waals surface area contributed by atoms with Gasteiger partial charge in [-0.2, -0.15) is 13.9 Å². The molecule has 1 aliphatic rings. The molecule has 1 saturated carbocycles. The van der Waals surface area contributed by atoms with Crippen molar-refractivity contribution < 1.29 is 13.5 Å². The Bertz CT molecular complexity index is 659. The molecule has 22 heavy (non-hydrogen) atoms. The molecule has 4 nitrogen and oxygen atoms in total. The van der Waals surface area contributed by atoms with Crippen molar-refractivity contribution in [2.24, 2.45) is 0 Å². The van der Waals surface area contributed by atoms with Gasteiger partial charge < -0.3 is 9.30 Å². The minimum atomic E-state index is -2.95. The molecule has 2 aromatic heterocycles. The number of alkyl halides is 2. The van der Waals surface area contributed by atoms with Gasteiger partial charge in [0.25, 0.3) is 5.92 Å². The summed E-state index contributed by atoms with van der Waals surface area (Å²) in [5.41, 5.74) is 1.83. The molecular formula is C16H21F2N3O. The van der Waals surface area contributed by atoms with Gasteiger partial charge >= 0.3 is 0 Å². The molecular weight excluding hydrogens is 288 g/mol. The van der Waals surface area contributed by atoms with Crippen LogP contribution in [-0.4, -0.2) is 27.6 Å². The first-order valence-corrected chi connectivity index (χ1v) is 7.47. The van der Waals surface area contributed by atoms with E-state index in [1.807, 2.05) is 30.5 Å². The molecule has 6 heteroatoms. The van der Waals surface area contributed by atoms with Crippen molar-refractivity contribution >= 4 is 0 Å². The fourth-order valence-electron chi connectivity index (χ4n) is 2.99. The van der Waals surface area contributed by atoms with Crippen LogP contribution in [0.15, 0.2) is 18.2 Å². The van der Waals surface area contributed by atoms with Crippen LogP contribution in [0, 0.1) is 13.8 Å². The normalized spacial score (nSPS) is 21.9. The third-order valence-corrected chi connectivity index (χ3v) is 4.42. The summed E-state index contributed by atoms with van der Waals surface area (Å²) in [6.07, 6.45) is 1.80. The molecule has 2 aromatic rings. The van der Waals surface area contributed by atoms with Crippen molar-refractivity contribution in [3.8, 4) is 5.82 Å². The van der Waals surface area contributed by atoms with Crippen LogP contribution >= 0.6 is 0 Å². The number of hydrogen-bond donors (Lipinski definition) is 0. The first-order valence-electron chi connectivity index (χ1n) is 7.47. The lowest BCUT2D eigenvalue weighted by molar-refractivity contribution is -0.00265. The Kier molecular flexibility index (Phi) is 3.59. The van der Waals surface area contributed by atoms with Crippen LogP contribution in [0.25, 0.3) is 5.82 Å². The summed E-state index contributed by atoms with van der Waals surface area (Å²) < 4.78 is 36.4. The number of ether oxygens (including phenoxy) is 1. The number of hydrogen-bond acceptors (Lipinski definition) is 2. The van der Waals surface area contributed by atoms with Gasteiger partial charge in [0.1, 0.15) is 11.5 Å². The number of aryl methyl sites for hydroxylation is 2. The average Bonchev–Trinajstić information content (AvgIpc) is 2.92. The van der Waals surface area contributed by atoms with Crippen molar-refractivity contribution in [2.45, 2.75) is 51.7 Å². The summed E-state index contributed by atoms with van der Waals surface area (Å²) in [5, 5.41) is 4.20. The van der Waals surface area contributed by atoms with Crippen LogP contribution in [0.4, 0.5) is 8.78 Å². The lowest BCUT2D eigenvalue weighted by atomic mass is 9.89. The Morgan fingerprint density at radius 3 is 2.32 bits per heavy atom. The zero-order valence-electron chi connectivity index (χ0n) is 13.3. The van der Waals surface area contributed by atoms with Crippen LogP contribution in [0.5, 0.6) is 0 Å². The summed E-state index contributed by atoms with van der Waals surface area (Å²) >= 11 is 0. The Morgan fingerprint density at radius 2 is 1.82 bits per heavy atom. The molecule has 3 rings (SSSR count). The molecule has 0 saturated heterocycles. The van der Waals surface area contributed by atoms with E-state index in [0.717, 1.165) is 31.2 Å². The predicted molar refractivity (Wildman–Crippen MR) is 79.7 cm³/mol. The van der Waals surface area contributed by atoms with E-state index < -0.39 is 5.92 Å². The molecule has 0 unspecified atom stereocenters. The van der Waals surface area contributed by atoms with E-state index in [9.17, 15) is 8.78 Å². The maximum Gasteiger partial charge on any atom is 0.288 e. The smallest absolute Gasteiger partial charge is 0.288 e. The van der Waals surface area contributed by atoms with Gasteiger partial charge in [0, 0.05) is 31.5 Å². The van der Waals surface area contributed by atoms with Gasteiger partial charge in [-0.25, -0.2) is 4.68 Å². The van der Waals surface area contributed by atoms with Crippen LogP contribution in [0.3, 0.4) is 0 Å². The van der Waals surface area contributed by atoms with Gasteiger partial charge in [-0.1, -0.05) is 0 Å². The SMILES string of the molecule is COC1CC(n2nc(C(C)(F)F)cc2-n2c(C)ccc2C)C1. The number of aromatic nitrogens is 3. The molecule has 0 N–H and O–H groups in total. The van der Waals surface area contributed by atoms with E-state index in [1.165, 1.54) is 6.07 Å². The molecule has 0 aromatic carbocycles. The molecule has 0 aliphatic heterocycles. The summed E-state index contributed by atoms with van der Waals surface area (Å²) in [6.45, 7) is 4.82. The molecule has 0 amide bonds. The number of rotatable bonds is 4. The summed E-state index contributed by atoms with van der Waals surface area (Å²) in [6, 6.07) is 5.57. The highest BCUT2D eigenvalue weighted by Crippen LogP contribution is 2.38. The van der Waals surface area contributed by atoms with Crippen molar-refractivity contribution in [2.75, 3.05) is 7.11 Å². The average molecular weight is 309 g/mol. The number of methoxy groups -OCH3 is 1. The third kappa shape index (κ3) is 2.45. The highest BCUT2D eigenvalue weighted by atomic mass is 19.3. The number of halogens is 2. The lowest BCUT2D eigenvalue weighted by Gasteiger charge is -2.35. The molecule has 1 aliphatic carbocycles. The van der Waals surface area contributed by atoms with Crippen molar-refractivity contribution in [1.29, 1.82) is 0 Å². The van der Waals surface area contributed by atoms with E-state index in [1.54, 1.807) is 11.8 Å².